The molecule has 4 nitrogen and oxygen atoms in total. The summed E-state index contributed by atoms with van der Waals surface area (Å²) in [4.78, 5) is 13.2. The van der Waals surface area contributed by atoms with Crippen LogP contribution in [0.15, 0.2) is 0 Å². The van der Waals surface area contributed by atoms with Gasteiger partial charge in [0, 0.05) is 13.2 Å². The minimum Gasteiger partial charge on any atom is -0.465 e. The van der Waals surface area contributed by atoms with Crippen molar-refractivity contribution in [2.24, 2.45) is 0 Å². The molecule has 0 aliphatic carbocycles. The third-order valence-electron chi connectivity index (χ3n) is 2.01. The highest BCUT2D eigenvalue weighted by Gasteiger charge is 2.08. The normalized spacial score (nSPS) is 10.7. The number of hydrogen-bond acceptors (Lipinski definition) is 4. The molecule has 0 amide bonds. The molecule has 0 rings (SSSR count). The minimum atomic E-state index is -0.158. The van der Waals surface area contributed by atoms with E-state index in [1.165, 1.54) is 0 Å². The van der Waals surface area contributed by atoms with Crippen molar-refractivity contribution in [3.05, 3.63) is 0 Å². The van der Waals surface area contributed by atoms with E-state index in [9.17, 15) is 4.79 Å². The minimum absolute atomic E-state index is 0.158. The second kappa shape index (κ2) is 9.93. The van der Waals surface area contributed by atoms with Gasteiger partial charge in [0.1, 0.15) is 0 Å². The van der Waals surface area contributed by atoms with Crippen molar-refractivity contribution >= 4 is 5.97 Å². The van der Waals surface area contributed by atoms with Gasteiger partial charge in [0.05, 0.1) is 19.8 Å². The van der Waals surface area contributed by atoms with Crippen molar-refractivity contribution in [3.63, 3.8) is 0 Å². The highest BCUT2D eigenvalue weighted by Crippen LogP contribution is 1.91. The van der Waals surface area contributed by atoms with Crippen LogP contribution in [0.3, 0.4) is 0 Å². The van der Waals surface area contributed by atoms with Gasteiger partial charge in [-0.25, -0.2) is 0 Å². The number of carbonyl (C=O) groups is 1. The zero-order valence-electron chi connectivity index (χ0n) is 10.1. The number of likely N-dealkylation sites (N-methyl/N-ethyl adjacent to an activating group) is 1. The van der Waals surface area contributed by atoms with Gasteiger partial charge in [0.25, 0.3) is 0 Å². The third-order valence-corrected chi connectivity index (χ3v) is 2.01. The van der Waals surface area contributed by atoms with Gasteiger partial charge in [0.2, 0.25) is 0 Å². The van der Waals surface area contributed by atoms with Crippen LogP contribution in [0.25, 0.3) is 0 Å². The molecular weight excluding hydrogens is 194 g/mol. The Morgan fingerprint density at radius 1 is 1.20 bits per heavy atom. The first kappa shape index (κ1) is 14.4. The molecule has 0 N–H and O–H groups in total. The maximum absolute atomic E-state index is 11.2. The Balaban J connectivity index is 3.58. The van der Waals surface area contributed by atoms with E-state index >= 15 is 0 Å². The molecule has 15 heavy (non-hydrogen) atoms. The standard InChI is InChI=1S/C11H23NO3/c1-4-8-14-9-7-12(5-2)10-11(13)15-6-3/h4-10H2,1-3H3. The lowest BCUT2D eigenvalue weighted by molar-refractivity contribution is -0.144. The molecule has 0 aromatic rings. The summed E-state index contributed by atoms with van der Waals surface area (Å²) in [5.41, 5.74) is 0. The van der Waals surface area contributed by atoms with Gasteiger partial charge in [-0.15, -0.1) is 0 Å². The van der Waals surface area contributed by atoms with E-state index in [0.29, 0.717) is 19.8 Å². The predicted molar refractivity (Wildman–Crippen MR) is 59.9 cm³/mol. The molecular formula is C11H23NO3. The Labute approximate surface area is 92.5 Å². The molecule has 0 aromatic heterocycles. The van der Waals surface area contributed by atoms with Crippen LogP contribution in [0, 0.1) is 0 Å². The Morgan fingerprint density at radius 2 is 1.93 bits per heavy atom. The molecule has 0 unspecified atom stereocenters. The molecule has 0 fully saturated rings. The van der Waals surface area contributed by atoms with E-state index in [2.05, 4.69) is 6.92 Å². The third kappa shape index (κ3) is 8.39. The van der Waals surface area contributed by atoms with E-state index in [1.807, 2.05) is 18.7 Å². The molecule has 0 radical (unpaired) electrons. The summed E-state index contributed by atoms with van der Waals surface area (Å²) >= 11 is 0. The van der Waals surface area contributed by atoms with Crippen molar-refractivity contribution in [1.29, 1.82) is 0 Å². The van der Waals surface area contributed by atoms with Crippen molar-refractivity contribution in [2.45, 2.75) is 27.2 Å². The average molecular weight is 217 g/mol. The maximum Gasteiger partial charge on any atom is 0.320 e. The van der Waals surface area contributed by atoms with E-state index in [1.54, 1.807) is 0 Å². The van der Waals surface area contributed by atoms with Crippen molar-refractivity contribution in [3.8, 4) is 0 Å². The average Bonchev–Trinajstić information content (AvgIpc) is 2.23. The van der Waals surface area contributed by atoms with Gasteiger partial charge in [0.15, 0.2) is 0 Å². The van der Waals surface area contributed by atoms with Gasteiger partial charge >= 0.3 is 5.97 Å². The second-order valence-corrected chi connectivity index (χ2v) is 3.29. The number of rotatable bonds is 9. The molecule has 0 atom stereocenters. The van der Waals surface area contributed by atoms with Crippen LogP contribution in [-0.2, 0) is 14.3 Å². The van der Waals surface area contributed by atoms with E-state index in [0.717, 1.165) is 26.1 Å². The van der Waals surface area contributed by atoms with Gasteiger partial charge < -0.3 is 9.47 Å². The topological polar surface area (TPSA) is 38.8 Å². The summed E-state index contributed by atoms with van der Waals surface area (Å²) in [5, 5.41) is 0. The van der Waals surface area contributed by atoms with Crippen molar-refractivity contribution < 1.29 is 14.3 Å². The first-order valence-corrected chi connectivity index (χ1v) is 5.70. The fraction of sp³-hybridized carbons (Fsp3) is 0.909. The van der Waals surface area contributed by atoms with Gasteiger partial charge in [-0.05, 0) is 19.9 Å². The van der Waals surface area contributed by atoms with Crippen LogP contribution in [0.5, 0.6) is 0 Å². The quantitative estimate of drug-likeness (QED) is 0.431. The van der Waals surface area contributed by atoms with Crippen LogP contribution >= 0.6 is 0 Å². The summed E-state index contributed by atoms with van der Waals surface area (Å²) in [6.07, 6.45) is 1.03. The SMILES string of the molecule is CCCOCCN(CC)CC(=O)OCC. The Morgan fingerprint density at radius 3 is 2.47 bits per heavy atom. The Hall–Kier alpha value is -0.610. The van der Waals surface area contributed by atoms with Crippen LogP contribution in [0.4, 0.5) is 0 Å². The van der Waals surface area contributed by atoms with Crippen molar-refractivity contribution in [1.82, 2.24) is 4.90 Å². The summed E-state index contributed by atoms with van der Waals surface area (Å²) < 4.78 is 10.2. The number of ether oxygens (including phenoxy) is 2. The summed E-state index contributed by atoms with van der Waals surface area (Å²) in [6.45, 7) is 9.83. The molecule has 0 aliphatic rings. The zero-order chi connectivity index (χ0) is 11.5. The summed E-state index contributed by atoms with van der Waals surface area (Å²) in [6, 6.07) is 0. The predicted octanol–water partition coefficient (Wildman–Crippen LogP) is 1.30. The smallest absolute Gasteiger partial charge is 0.320 e. The first-order chi connectivity index (χ1) is 7.24. The van der Waals surface area contributed by atoms with Crippen LogP contribution in [-0.4, -0.2) is 50.3 Å². The highest BCUT2D eigenvalue weighted by molar-refractivity contribution is 5.71. The lowest BCUT2D eigenvalue weighted by atomic mass is 10.4. The largest absolute Gasteiger partial charge is 0.465 e. The Bertz CT molecular complexity index is 162. The molecule has 0 aliphatic heterocycles. The van der Waals surface area contributed by atoms with Gasteiger partial charge in [-0.1, -0.05) is 13.8 Å². The number of esters is 1. The fourth-order valence-electron chi connectivity index (χ4n) is 1.18. The van der Waals surface area contributed by atoms with E-state index < -0.39 is 0 Å². The van der Waals surface area contributed by atoms with E-state index in [4.69, 9.17) is 9.47 Å². The van der Waals surface area contributed by atoms with Crippen LogP contribution in [0.2, 0.25) is 0 Å². The number of nitrogens with zero attached hydrogens (tertiary/aromatic N) is 1. The zero-order valence-corrected chi connectivity index (χ0v) is 10.1. The highest BCUT2D eigenvalue weighted by atomic mass is 16.5. The molecule has 0 bridgehead atoms. The second-order valence-electron chi connectivity index (χ2n) is 3.29. The van der Waals surface area contributed by atoms with E-state index in [-0.39, 0.29) is 5.97 Å². The number of carbonyl (C=O) groups excluding carboxylic acids is 1. The molecule has 0 heterocycles. The Kier molecular flexibility index (Phi) is 9.52. The van der Waals surface area contributed by atoms with Gasteiger partial charge in [-0.3, -0.25) is 9.69 Å². The molecule has 0 saturated heterocycles. The first-order valence-electron chi connectivity index (χ1n) is 5.70. The molecule has 0 spiro atoms. The lowest BCUT2D eigenvalue weighted by Gasteiger charge is -2.18. The monoisotopic (exact) mass is 217 g/mol. The van der Waals surface area contributed by atoms with Gasteiger partial charge in [-0.2, -0.15) is 0 Å². The van der Waals surface area contributed by atoms with Crippen LogP contribution in [0.1, 0.15) is 27.2 Å². The number of hydrogen-bond donors (Lipinski definition) is 0. The summed E-state index contributed by atoms with van der Waals surface area (Å²) in [7, 11) is 0. The lowest BCUT2D eigenvalue weighted by Crippen LogP contribution is -2.33. The maximum atomic E-state index is 11.2. The fourth-order valence-corrected chi connectivity index (χ4v) is 1.18. The molecule has 4 heteroatoms. The van der Waals surface area contributed by atoms with Crippen LogP contribution < -0.4 is 0 Å². The molecule has 90 valence electrons. The summed E-state index contributed by atoms with van der Waals surface area (Å²) in [5.74, 6) is -0.158. The molecule has 0 aromatic carbocycles. The van der Waals surface area contributed by atoms with Crippen molar-refractivity contribution in [2.75, 3.05) is 39.5 Å². The molecule has 0 saturated carbocycles.